The molecule has 20 heavy (non-hydrogen) atoms. The first-order chi connectivity index (χ1) is 9.54. The predicted octanol–water partition coefficient (Wildman–Crippen LogP) is 3.10. The Hall–Kier alpha value is -2.11. The summed E-state index contributed by atoms with van der Waals surface area (Å²) in [7, 11) is 0. The first-order valence-corrected chi connectivity index (χ1v) is 6.22. The van der Waals surface area contributed by atoms with Crippen molar-refractivity contribution in [3.63, 3.8) is 0 Å². The van der Waals surface area contributed by atoms with Crippen LogP contribution in [0.5, 0.6) is 0 Å². The fourth-order valence-electron chi connectivity index (χ4n) is 2.26. The maximum Gasteiger partial charge on any atom is 0.416 e. The standard InChI is InChI=1S/C14H12F3N3/c15-14(16,17)12-3-5-19-13(6-12)20-8-11(9-20)10-2-1-4-18-7-10/h1-7,11H,8-9H2. The second kappa shape index (κ2) is 4.77. The fourth-order valence-corrected chi connectivity index (χ4v) is 2.26. The molecular weight excluding hydrogens is 267 g/mol. The van der Waals surface area contributed by atoms with E-state index in [-0.39, 0.29) is 0 Å². The highest BCUT2D eigenvalue weighted by Crippen LogP contribution is 2.34. The average molecular weight is 279 g/mol. The van der Waals surface area contributed by atoms with Gasteiger partial charge in [-0.3, -0.25) is 4.98 Å². The largest absolute Gasteiger partial charge is 0.416 e. The van der Waals surface area contributed by atoms with E-state index in [2.05, 4.69) is 9.97 Å². The first kappa shape index (κ1) is 12.9. The Labute approximate surface area is 114 Å². The van der Waals surface area contributed by atoms with Crippen molar-refractivity contribution in [2.75, 3.05) is 18.0 Å². The molecule has 2 aromatic heterocycles. The van der Waals surface area contributed by atoms with Gasteiger partial charge in [-0.25, -0.2) is 4.98 Å². The SMILES string of the molecule is FC(F)(F)c1ccnc(N2CC(c3cccnc3)C2)c1. The van der Waals surface area contributed by atoms with E-state index in [1.165, 1.54) is 6.20 Å². The third-order valence-electron chi connectivity index (χ3n) is 3.43. The summed E-state index contributed by atoms with van der Waals surface area (Å²) in [5.74, 6) is 0.681. The van der Waals surface area contributed by atoms with Crippen LogP contribution in [0.2, 0.25) is 0 Å². The molecule has 0 N–H and O–H groups in total. The zero-order valence-corrected chi connectivity index (χ0v) is 10.5. The molecule has 0 amide bonds. The van der Waals surface area contributed by atoms with Gasteiger partial charge in [0.2, 0.25) is 0 Å². The number of hydrogen-bond donors (Lipinski definition) is 0. The van der Waals surface area contributed by atoms with E-state index >= 15 is 0 Å². The van der Waals surface area contributed by atoms with Gasteiger partial charge < -0.3 is 4.90 Å². The minimum absolute atomic E-state index is 0.306. The van der Waals surface area contributed by atoms with Crippen molar-refractivity contribution >= 4 is 5.82 Å². The van der Waals surface area contributed by atoms with E-state index in [0.29, 0.717) is 24.8 Å². The number of halogens is 3. The Morgan fingerprint density at radius 3 is 2.60 bits per heavy atom. The van der Waals surface area contributed by atoms with Gasteiger partial charge in [0.1, 0.15) is 5.82 Å². The minimum atomic E-state index is -4.33. The lowest BCUT2D eigenvalue weighted by atomic mass is 9.93. The highest BCUT2D eigenvalue weighted by atomic mass is 19.4. The summed E-state index contributed by atoms with van der Waals surface area (Å²) in [5, 5.41) is 0. The number of anilines is 1. The number of hydrogen-bond acceptors (Lipinski definition) is 3. The molecule has 104 valence electrons. The molecule has 0 aromatic carbocycles. The quantitative estimate of drug-likeness (QED) is 0.846. The molecule has 0 spiro atoms. The van der Waals surface area contributed by atoms with E-state index in [1.807, 2.05) is 17.0 Å². The molecule has 3 heterocycles. The zero-order valence-electron chi connectivity index (χ0n) is 10.5. The van der Waals surface area contributed by atoms with Crippen LogP contribution >= 0.6 is 0 Å². The second-order valence-corrected chi connectivity index (χ2v) is 4.79. The number of alkyl halides is 3. The Morgan fingerprint density at radius 2 is 1.95 bits per heavy atom. The summed E-state index contributed by atoms with van der Waals surface area (Å²) >= 11 is 0. The van der Waals surface area contributed by atoms with Crippen molar-refractivity contribution in [2.24, 2.45) is 0 Å². The van der Waals surface area contributed by atoms with Crippen molar-refractivity contribution < 1.29 is 13.2 Å². The van der Waals surface area contributed by atoms with Crippen LogP contribution in [0.1, 0.15) is 17.0 Å². The fraction of sp³-hybridized carbons (Fsp3) is 0.286. The average Bonchev–Trinajstić information content (AvgIpc) is 2.38. The molecule has 0 aliphatic carbocycles. The maximum atomic E-state index is 12.6. The third kappa shape index (κ3) is 2.45. The third-order valence-corrected chi connectivity index (χ3v) is 3.43. The lowest BCUT2D eigenvalue weighted by Gasteiger charge is -2.40. The molecule has 0 bridgehead atoms. The molecule has 1 saturated heterocycles. The van der Waals surface area contributed by atoms with Gasteiger partial charge in [-0.2, -0.15) is 13.2 Å². The molecule has 1 fully saturated rings. The van der Waals surface area contributed by atoms with Crippen molar-refractivity contribution in [3.05, 3.63) is 54.0 Å². The van der Waals surface area contributed by atoms with Crippen LogP contribution in [0.3, 0.4) is 0 Å². The van der Waals surface area contributed by atoms with Gasteiger partial charge in [-0.15, -0.1) is 0 Å². The Bertz CT molecular complexity index is 592. The summed E-state index contributed by atoms with van der Waals surface area (Å²) in [6.07, 6.45) is 0.372. The van der Waals surface area contributed by atoms with Gasteiger partial charge >= 0.3 is 6.18 Å². The molecular formula is C14H12F3N3. The van der Waals surface area contributed by atoms with Crippen LogP contribution in [-0.2, 0) is 6.18 Å². The van der Waals surface area contributed by atoms with Crippen molar-refractivity contribution in [1.82, 2.24) is 9.97 Å². The van der Waals surface area contributed by atoms with Gasteiger partial charge in [0, 0.05) is 37.6 Å². The van der Waals surface area contributed by atoms with Gasteiger partial charge in [-0.05, 0) is 23.8 Å². The van der Waals surface area contributed by atoms with E-state index < -0.39 is 11.7 Å². The molecule has 2 aromatic rings. The van der Waals surface area contributed by atoms with Crippen molar-refractivity contribution in [2.45, 2.75) is 12.1 Å². The zero-order chi connectivity index (χ0) is 14.2. The van der Waals surface area contributed by atoms with Crippen LogP contribution in [0.4, 0.5) is 19.0 Å². The van der Waals surface area contributed by atoms with Gasteiger partial charge in [-0.1, -0.05) is 6.07 Å². The normalized spacial score (nSPS) is 16.1. The molecule has 0 radical (unpaired) electrons. The number of aromatic nitrogens is 2. The smallest absolute Gasteiger partial charge is 0.355 e. The van der Waals surface area contributed by atoms with E-state index in [0.717, 1.165) is 17.7 Å². The highest BCUT2D eigenvalue weighted by molar-refractivity contribution is 5.46. The van der Waals surface area contributed by atoms with Crippen LogP contribution in [0, 0.1) is 0 Å². The van der Waals surface area contributed by atoms with Gasteiger partial charge in [0.25, 0.3) is 0 Å². The molecule has 3 rings (SSSR count). The number of nitrogens with zero attached hydrogens (tertiary/aromatic N) is 3. The number of pyridine rings is 2. The Balaban J connectivity index is 1.71. The molecule has 0 saturated carbocycles. The molecule has 0 unspecified atom stereocenters. The summed E-state index contributed by atoms with van der Waals surface area (Å²) in [6, 6.07) is 5.93. The van der Waals surface area contributed by atoms with E-state index in [1.54, 1.807) is 12.4 Å². The second-order valence-electron chi connectivity index (χ2n) is 4.79. The molecule has 1 aliphatic rings. The van der Waals surface area contributed by atoms with Crippen LogP contribution in [0.15, 0.2) is 42.9 Å². The van der Waals surface area contributed by atoms with Crippen molar-refractivity contribution in [1.29, 1.82) is 0 Å². The van der Waals surface area contributed by atoms with E-state index in [9.17, 15) is 13.2 Å². The molecule has 0 atom stereocenters. The van der Waals surface area contributed by atoms with Crippen LogP contribution in [0.25, 0.3) is 0 Å². The number of rotatable bonds is 2. The highest BCUT2D eigenvalue weighted by Gasteiger charge is 2.33. The minimum Gasteiger partial charge on any atom is -0.355 e. The summed E-state index contributed by atoms with van der Waals surface area (Å²) in [5.41, 5.74) is 0.447. The van der Waals surface area contributed by atoms with E-state index in [4.69, 9.17) is 0 Å². The monoisotopic (exact) mass is 279 g/mol. The molecule has 1 aliphatic heterocycles. The van der Waals surface area contributed by atoms with Crippen LogP contribution in [-0.4, -0.2) is 23.1 Å². The first-order valence-electron chi connectivity index (χ1n) is 6.22. The summed E-state index contributed by atoms with van der Waals surface area (Å²) in [6.45, 7) is 1.33. The summed E-state index contributed by atoms with van der Waals surface area (Å²) in [4.78, 5) is 9.90. The van der Waals surface area contributed by atoms with Gasteiger partial charge in [0.05, 0.1) is 5.56 Å². The Kier molecular flexibility index (Phi) is 3.08. The maximum absolute atomic E-state index is 12.6. The lowest BCUT2D eigenvalue weighted by Crippen LogP contribution is -2.45. The topological polar surface area (TPSA) is 29.0 Å². The predicted molar refractivity (Wildman–Crippen MR) is 68.4 cm³/mol. The Morgan fingerprint density at radius 1 is 1.15 bits per heavy atom. The van der Waals surface area contributed by atoms with Crippen LogP contribution < -0.4 is 4.90 Å². The molecule has 3 nitrogen and oxygen atoms in total. The molecule has 6 heteroatoms. The summed E-state index contributed by atoms with van der Waals surface area (Å²) < 4.78 is 37.9. The lowest BCUT2D eigenvalue weighted by molar-refractivity contribution is -0.137. The van der Waals surface area contributed by atoms with Crippen molar-refractivity contribution in [3.8, 4) is 0 Å². The van der Waals surface area contributed by atoms with Gasteiger partial charge in [0.15, 0.2) is 0 Å².